The van der Waals surface area contributed by atoms with Gasteiger partial charge in [-0.1, -0.05) is 0 Å². The number of amides is 1. The van der Waals surface area contributed by atoms with E-state index in [4.69, 9.17) is 0 Å². The molecule has 0 spiro atoms. The maximum Gasteiger partial charge on any atom is 0.326 e. The molecule has 2 heterocycles. The molecule has 1 saturated heterocycles. The summed E-state index contributed by atoms with van der Waals surface area (Å²) in [5, 5.41) is 12.5. The number of H-pyrrole nitrogens is 1. The highest BCUT2D eigenvalue weighted by Crippen LogP contribution is 2.36. The highest BCUT2D eigenvalue weighted by atomic mass is 32.2. The first-order valence-electron chi connectivity index (χ1n) is 6.44. The summed E-state index contributed by atoms with van der Waals surface area (Å²) in [6.45, 7) is -0.646. The van der Waals surface area contributed by atoms with Gasteiger partial charge in [-0.05, 0) is 6.07 Å². The summed E-state index contributed by atoms with van der Waals surface area (Å²) in [6, 6.07) is 3.10. The van der Waals surface area contributed by atoms with Crippen LogP contribution in [0.5, 0.6) is 5.75 Å². The van der Waals surface area contributed by atoms with Crippen LogP contribution in [0.2, 0.25) is 0 Å². The van der Waals surface area contributed by atoms with E-state index in [1.54, 1.807) is 4.72 Å². The fourth-order valence-electron chi connectivity index (χ4n) is 2.12. The molecule has 1 fully saturated rings. The molecule has 1 aromatic heterocycles. The Bertz CT molecular complexity index is 966. The zero-order valence-electron chi connectivity index (χ0n) is 11.8. The smallest absolute Gasteiger partial charge is 0.326 e. The van der Waals surface area contributed by atoms with Gasteiger partial charge in [-0.25, -0.2) is 18.4 Å². The quantitative estimate of drug-likeness (QED) is 0.583. The molecule has 1 aromatic carbocycles. The molecule has 2 aromatic rings. The molecule has 24 heavy (non-hydrogen) atoms. The van der Waals surface area contributed by atoms with Gasteiger partial charge in [-0.2, -0.15) is 8.42 Å². The van der Waals surface area contributed by atoms with E-state index in [2.05, 4.69) is 15.3 Å². The fourth-order valence-corrected chi connectivity index (χ4v) is 3.29. The number of hydrogen-bond acceptors (Lipinski definition) is 7. The molecule has 1 aliphatic rings. The Labute approximate surface area is 134 Å². The summed E-state index contributed by atoms with van der Waals surface area (Å²) < 4.78 is 39.9. The molecule has 4 N–H and O–H groups in total. The monoisotopic (exact) mass is 355 g/mol. The van der Waals surface area contributed by atoms with Gasteiger partial charge in [0.15, 0.2) is 5.82 Å². The minimum atomic E-state index is -4.26. The van der Waals surface area contributed by atoms with Crippen molar-refractivity contribution < 1.29 is 22.7 Å². The number of nitrogens with one attached hydrogen (secondary N) is 3. The minimum absolute atomic E-state index is 0.000288. The average Bonchev–Trinajstić information content (AvgIpc) is 2.71. The summed E-state index contributed by atoms with van der Waals surface area (Å²) in [4.78, 5) is 28.5. The van der Waals surface area contributed by atoms with Gasteiger partial charge < -0.3 is 10.4 Å². The Morgan fingerprint density at radius 3 is 2.67 bits per heavy atom. The third kappa shape index (κ3) is 2.86. The second kappa shape index (κ2) is 5.49. The van der Waals surface area contributed by atoms with E-state index in [9.17, 15) is 27.5 Å². The number of nitrogens with zero attached hydrogens (tertiary/aromatic N) is 2. The zero-order valence-corrected chi connectivity index (χ0v) is 12.6. The number of halogens is 1. The number of phenols is 1. The second-order valence-electron chi connectivity index (χ2n) is 4.77. The third-order valence-corrected chi connectivity index (χ3v) is 4.42. The van der Waals surface area contributed by atoms with Crippen LogP contribution in [0.25, 0.3) is 0 Å². The molecule has 0 aliphatic carbocycles. The van der Waals surface area contributed by atoms with E-state index in [0.717, 1.165) is 12.1 Å². The summed E-state index contributed by atoms with van der Waals surface area (Å²) in [6.07, 6.45) is 1.22. The van der Waals surface area contributed by atoms with Crippen molar-refractivity contribution in [1.82, 2.24) is 14.7 Å². The van der Waals surface area contributed by atoms with Gasteiger partial charge >= 0.3 is 10.2 Å². The van der Waals surface area contributed by atoms with E-state index in [1.165, 1.54) is 12.3 Å². The van der Waals surface area contributed by atoms with Crippen molar-refractivity contribution in [2.45, 2.75) is 0 Å². The number of hydrogen-bond donors (Lipinski definition) is 4. The summed E-state index contributed by atoms with van der Waals surface area (Å²) in [7, 11) is -4.26. The Hall–Kier alpha value is -3.15. The molecule has 0 radical (unpaired) electrons. The minimum Gasteiger partial charge on any atom is -0.506 e. The molecule has 0 atom stereocenters. The predicted molar refractivity (Wildman–Crippen MR) is 80.6 cm³/mol. The van der Waals surface area contributed by atoms with Gasteiger partial charge in [0.25, 0.3) is 11.5 Å². The van der Waals surface area contributed by atoms with Gasteiger partial charge in [0, 0.05) is 24.0 Å². The summed E-state index contributed by atoms with van der Waals surface area (Å²) >= 11 is 0. The molecule has 0 bridgehead atoms. The van der Waals surface area contributed by atoms with Crippen molar-refractivity contribution in [2.24, 2.45) is 0 Å². The number of rotatable bonds is 3. The van der Waals surface area contributed by atoms with Crippen molar-refractivity contribution >= 4 is 33.4 Å². The Balaban J connectivity index is 1.98. The molecule has 126 valence electrons. The first kappa shape index (κ1) is 15.7. The van der Waals surface area contributed by atoms with Gasteiger partial charge in [-0.3, -0.25) is 14.6 Å². The van der Waals surface area contributed by atoms with E-state index in [0.29, 0.717) is 4.31 Å². The van der Waals surface area contributed by atoms with Crippen molar-refractivity contribution in [3.8, 4) is 5.75 Å². The predicted octanol–water partition coefficient (Wildman–Crippen LogP) is -0.461. The van der Waals surface area contributed by atoms with Crippen LogP contribution < -0.4 is 19.9 Å². The van der Waals surface area contributed by atoms with Gasteiger partial charge in [0.1, 0.15) is 18.0 Å². The van der Waals surface area contributed by atoms with Crippen LogP contribution >= 0.6 is 0 Å². The van der Waals surface area contributed by atoms with Crippen LogP contribution in [0.4, 0.5) is 21.7 Å². The number of benzene rings is 1. The van der Waals surface area contributed by atoms with Gasteiger partial charge in [0.2, 0.25) is 5.95 Å². The van der Waals surface area contributed by atoms with E-state index >= 15 is 0 Å². The highest BCUT2D eigenvalue weighted by molar-refractivity contribution is 7.92. The first-order valence-corrected chi connectivity index (χ1v) is 7.88. The lowest BCUT2D eigenvalue weighted by Gasteiger charge is -2.18. The third-order valence-electron chi connectivity index (χ3n) is 3.05. The Morgan fingerprint density at radius 2 is 2.08 bits per heavy atom. The summed E-state index contributed by atoms with van der Waals surface area (Å²) in [5.41, 5.74) is -1.09. The first-order chi connectivity index (χ1) is 11.3. The maximum atomic E-state index is 14.3. The molecular formula is C12H10FN5O5S. The Morgan fingerprint density at radius 1 is 1.33 bits per heavy atom. The van der Waals surface area contributed by atoms with E-state index in [-0.39, 0.29) is 11.6 Å². The van der Waals surface area contributed by atoms with Crippen LogP contribution in [0.15, 0.2) is 29.2 Å². The van der Waals surface area contributed by atoms with Gasteiger partial charge in [0.05, 0.1) is 0 Å². The SMILES string of the molecule is O=C1CN(c2c(O)cc(Nc3nccc(=O)[nH]3)cc2F)S(=O)(=O)N1. The molecule has 0 unspecified atom stereocenters. The lowest BCUT2D eigenvalue weighted by atomic mass is 10.2. The molecular weight excluding hydrogens is 345 g/mol. The number of carbonyl (C=O) groups excluding carboxylic acids is 1. The summed E-state index contributed by atoms with van der Waals surface area (Å²) in [5.74, 6) is -2.64. The lowest BCUT2D eigenvalue weighted by Crippen LogP contribution is -2.30. The standard InChI is InChI=1S/C12H10FN5O5S/c13-7-3-6(15-12-14-2-1-9(20)16-12)4-8(19)11(7)18-5-10(21)17-24(18,22)23/h1-4,19H,5H2,(H,17,21)(H2,14,15,16,20). The maximum absolute atomic E-state index is 14.3. The topological polar surface area (TPSA) is 144 Å². The average molecular weight is 355 g/mol. The van der Waals surface area contributed by atoms with Crippen LogP contribution in [0.1, 0.15) is 0 Å². The molecule has 0 saturated carbocycles. The second-order valence-corrected chi connectivity index (χ2v) is 6.37. The fraction of sp³-hybridized carbons (Fsp3) is 0.0833. The normalized spacial score (nSPS) is 16.0. The molecule has 1 amide bonds. The van der Waals surface area contributed by atoms with Crippen LogP contribution in [0.3, 0.4) is 0 Å². The molecule has 12 heteroatoms. The van der Waals surface area contributed by atoms with E-state index in [1.807, 2.05) is 0 Å². The zero-order chi connectivity index (χ0) is 17.5. The lowest BCUT2D eigenvalue weighted by molar-refractivity contribution is -0.117. The number of aromatic amines is 1. The van der Waals surface area contributed by atoms with Crippen molar-refractivity contribution in [2.75, 3.05) is 16.2 Å². The number of aromatic nitrogens is 2. The van der Waals surface area contributed by atoms with Crippen molar-refractivity contribution in [3.63, 3.8) is 0 Å². The van der Waals surface area contributed by atoms with Gasteiger partial charge in [-0.15, -0.1) is 0 Å². The number of anilines is 3. The van der Waals surface area contributed by atoms with Crippen molar-refractivity contribution in [1.29, 1.82) is 0 Å². The Kier molecular flexibility index (Phi) is 3.60. The largest absolute Gasteiger partial charge is 0.506 e. The van der Waals surface area contributed by atoms with Crippen LogP contribution in [-0.4, -0.2) is 35.9 Å². The molecule has 1 aliphatic heterocycles. The van der Waals surface area contributed by atoms with Crippen molar-refractivity contribution in [3.05, 3.63) is 40.6 Å². The van der Waals surface area contributed by atoms with Crippen LogP contribution in [-0.2, 0) is 15.0 Å². The number of aromatic hydroxyl groups is 1. The molecule has 3 rings (SSSR count). The molecule has 10 nitrogen and oxygen atoms in total. The highest BCUT2D eigenvalue weighted by Gasteiger charge is 2.37. The van der Waals surface area contributed by atoms with E-state index < -0.39 is 45.5 Å². The number of carbonyl (C=O) groups is 1. The number of phenolic OH excluding ortho intramolecular Hbond substituents is 1. The van der Waals surface area contributed by atoms with Crippen LogP contribution in [0, 0.1) is 5.82 Å².